The molecule has 1 saturated heterocycles. The maximum atomic E-state index is 12.4. The molecule has 0 bridgehead atoms. The highest BCUT2D eigenvalue weighted by Crippen LogP contribution is 2.27. The molecule has 1 aromatic rings. The molecule has 0 saturated carbocycles. The third-order valence-electron chi connectivity index (χ3n) is 3.91. The minimum atomic E-state index is -2.89. The number of alkyl halides is 2. The van der Waals surface area contributed by atoms with Crippen LogP contribution in [0.4, 0.5) is 19.3 Å². The van der Waals surface area contributed by atoms with E-state index in [9.17, 15) is 13.6 Å². The van der Waals surface area contributed by atoms with Crippen molar-refractivity contribution in [2.24, 2.45) is 5.92 Å². The first-order valence-corrected chi connectivity index (χ1v) is 7.69. The van der Waals surface area contributed by atoms with E-state index in [0.717, 1.165) is 13.0 Å². The Morgan fingerprint density at radius 2 is 2.30 bits per heavy atom. The van der Waals surface area contributed by atoms with Crippen LogP contribution in [0, 0.1) is 12.8 Å². The molecule has 1 heterocycles. The molecule has 1 atom stereocenters. The number of hydrogen-bond donors (Lipinski definition) is 1. The van der Waals surface area contributed by atoms with E-state index >= 15 is 0 Å². The van der Waals surface area contributed by atoms with E-state index in [1.165, 1.54) is 6.07 Å². The molecular formula is C16H22F2N2O3. The Morgan fingerprint density at radius 1 is 1.52 bits per heavy atom. The van der Waals surface area contributed by atoms with Crippen molar-refractivity contribution in [1.82, 2.24) is 4.90 Å². The van der Waals surface area contributed by atoms with Gasteiger partial charge in [-0.05, 0) is 32.4 Å². The molecule has 1 N–H and O–H groups in total. The lowest BCUT2D eigenvalue weighted by molar-refractivity contribution is -0.0502. The number of carbonyl (C=O) groups excluding carboxylic acids is 1. The molecule has 7 heteroatoms. The summed E-state index contributed by atoms with van der Waals surface area (Å²) >= 11 is 0. The Hall–Kier alpha value is -1.89. The van der Waals surface area contributed by atoms with Crippen LogP contribution in [0.5, 0.6) is 5.75 Å². The molecule has 0 spiro atoms. The quantitative estimate of drug-likeness (QED) is 0.870. The van der Waals surface area contributed by atoms with Crippen LogP contribution < -0.4 is 10.1 Å². The van der Waals surface area contributed by atoms with Crippen molar-refractivity contribution in [3.8, 4) is 5.75 Å². The van der Waals surface area contributed by atoms with Gasteiger partial charge in [-0.2, -0.15) is 8.78 Å². The number of carbonyl (C=O) groups is 1. The average Bonchev–Trinajstić information content (AvgIpc) is 3.01. The van der Waals surface area contributed by atoms with Gasteiger partial charge in [0.15, 0.2) is 0 Å². The smallest absolute Gasteiger partial charge is 0.387 e. The fraction of sp³-hybridized carbons (Fsp3) is 0.562. The highest BCUT2D eigenvalue weighted by atomic mass is 19.3. The van der Waals surface area contributed by atoms with E-state index < -0.39 is 6.61 Å². The van der Waals surface area contributed by atoms with Gasteiger partial charge in [-0.25, -0.2) is 4.79 Å². The molecule has 5 nitrogen and oxygen atoms in total. The molecule has 1 aliphatic rings. The van der Waals surface area contributed by atoms with Gasteiger partial charge in [0.2, 0.25) is 0 Å². The second kappa shape index (κ2) is 8.10. The first kappa shape index (κ1) is 17.5. The van der Waals surface area contributed by atoms with Crippen molar-refractivity contribution in [3.63, 3.8) is 0 Å². The number of amides is 2. The summed E-state index contributed by atoms with van der Waals surface area (Å²) in [6, 6.07) is 4.43. The lowest BCUT2D eigenvalue weighted by Crippen LogP contribution is -2.38. The van der Waals surface area contributed by atoms with Crippen molar-refractivity contribution >= 4 is 11.7 Å². The van der Waals surface area contributed by atoms with Crippen molar-refractivity contribution in [2.45, 2.75) is 26.9 Å². The Labute approximate surface area is 134 Å². The number of anilines is 1. The zero-order valence-electron chi connectivity index (χ0n) is 13.4. The van der Waals surface area contributed by atoms with Crippen LogP contribution >= 0.6 is 0 Å². The fourth-order valence-electron chi connectivity index (χ4n) is 2.56. The molecule has 1 aromatic carbocycles. The minimum Gasteiger partial charge on any atom is -0.434 e. The molecule has 1 aliphatic heterocycles. The van der Waals surface area contributed by atoms with E-state index in [0.29, 0.717) is 36.9 Å². The number of nitrogens with one attached hydrogen (secondary N) is 1. The van der Waals surface area contributed by atoms with Crippen molar-refractivity contribution in [2.75, 3.05) is 31.6 Å². The van der Waals surface area contributed by atoms with Gasteiger partial charge in [-0.1, -0.05) is 6.07 Å². The highest BCUT2D eigenvalue weighted by molar-refractivity contribution is 5.90. The van der Waals surface area contributed by atoms with Crippen LogP contribution in [0.15, 0.2) is 18.2 Å². The predicted molar refractivity (Wildman–Crippen MR) is 83.0 cm³/mol. The van der Waals surface area contributed by atoms with Gasteiger partial charge in [-0.3, -0.25) is 0 Å². The summed E-state index contributed by atoms with van der Waals surface area (Å²) in [5, 5.41) is 2.77. The monoisotopic (exact) mass is 328 g/mol. The molecule has 2 amide bonds. The number of halogens is 2. The van der Waals surface area contributed by atoms with Crippen LogP contribution in [0.1, 0.15) is 18.9 Å². The summed E-state index contributed by atoms with van der Waals surface area (Å²) in [4.78, 5) is 14.1. The summed E-state index contributed by atoms with van der Waals surface area (Å²) < 4.78 is 34.5. The number of benzene rings is 1. The van der Waals surface area contributed by atoms with E-state index in [2.05, 4.69) is 10.1 Å². The summed E-state index contributed by atoms with van der Waals surface area (Å²) in [7, 11) is 0. The van der Waals surface area contributed by atoms with Crippen LogP contribution in [0.2, 0.25) is 0 Å². The molecule has 0 radical (unpaired) electrons. The summed E-state index contributed by atoms with van der Waals surface area (Å²) in [5.74, 6) is 0.403. The largest absolute Gasteiger partial charge is 0.434 e. The standard InChI is InChI=1S/C16H22F2N2O3/c1-3-20(9-12-7-8-22-10-12)16(21)19-13-5-4-6-14(11(13)2)23-15(17)18/h4-6,12,15H,3,7-10H2,1-2H3,(H,19,21)/t12-/m0/s1. The third kappa shape index (κ3) is 4.79. The highest BCUT2D eigenvalue weighted by Gasteiger charge is 2.22. The summed E-state index contributed by atoms with van der Waals surface area (Å²) in [6.45, 7) is 3.22. The number of hydrogen-bond acceptors (Lipinski definition) is 3. The number of rotatable bonds is 6. The SMILES string of the molecule is CCN(C[C@@H]1CCOC1)C(=O)Nc1cccc(OC(F)F)c1C. The van der Waals surface area contributed by atoms with E-state index in [1.807, 2.05) is 6.92 Å². The van der Waals surface area contributed by atoms with Crippen LogP contribution in [0.3, 0.4) is 0 Å². The number of ether oxygens (including phenoxy) is 2. The molecule has 0 unspecified atom stereocenters. The summed E-state index contributed by atoms with van der Waals surface area (Å²) in [6.07, 6.45) is 0.945. The lowest BCUT2D eigenvalue weighted by Gasteiger charge is -2.24. The Balaban J connectivity index is 2.03. The molecule has 128 valence electrons. The second-order valence-electron chi connectivity index (χ2n) is 5.51. The van der Waals surface area contributed by atoms with Crippen molar-refractivity contribution in [1.29, 1.82) is 0 Å². The predicted octanol–water partition coefficient (Wildman–Crippen LogP) is 3.49. The van der Waals surface area contributed by atoms with Crippen LogP contribution in [-0.4, -0.2) is 43.8 Å². The first-order valence-electron chi connectivity index (χ1n) is 7.69. The van der Waals surface area contributed by atoms with Gasteiger partial charge in [-0.15, -0.1) is 0 Å². The number of urea groups is 1. The van der Waals surface area contributed by atoms with E-state index in [-0.39, 0.29) is 11.8 Å². The van der Waals surface area contributed by atoms with Gasteiger partial charge in [0.25, 0.3) is 0 Å². The summed E-state index contributed by atoms with van der Waals surface area (Å²) in [5.41, 5.74) is 0.940. The Bertz CT molecular complexity index is 534. The van der Waals surface area contributed by atoms with Crippen molar-refractivity contribution < 1.29 is 23.0 Å². The van der Waals surface area contributed by atoms with Gasteiger partial charge < -0.3 is 19.7 Å². The van der Waals surface area contributed by atoms with E-state index in [1.54, 1.807) is 24.0 Å². The Morgan fingerprint density at radius 3 is 2.91 bits per heavy atom. The third-order valence-corrected chi connectivity index (χ3v) is 3.91. The fourth-order valence-corrected chi connectivity index (χ4v) is 2.56. The van der Waals surface area contributed by atoms with Crippen molar-refractivity contribution in [3.05, 3.63) is 23.8 Å². The molecule has 2 rings (SSSR count). The lowest BCUT2D eigenvalue weighted by atomic mass is 10.1. The molecular weight excluding hydrogens is 306 g/mol. The number of nitrogens with zero attached hydrogens (tertiary/aromatic N) is 1. The topological polar surface area (TPSA) is 50.8 Å². The van der Waals surface area contributed by atoms with Crippen LogP contribution in [-0.2, 0) is 4.74 Å². The molecule has 0 aromatic heterocycles. The second-order valence-corrected chi connectivity index (χ2v) is 5.51. The van der Waals surface area contributed by atoms with Gasteiger partial charge in [0, 0.05) is 36.9 Å². The van der Waals surface area contributed by atoms with Gasteiger partial charge >= 0.3 is 12.6 Å². The Kier molecular flexibility index (Phi) is 6.15. The van der Waals surface area contributed by atoms with Gasteiger partial charge in [0.1, 0.15) is 5.75 Å². The zero-order valence-corrected chi connectivity index (χ0v) is 13.4. The average molecular weight is 328 g/mol. The maximum Gasteiger partial charge on any atom is 0.387 e. The normalized spacial score (nSPS) is 17.3. The maximum absolute atomic E-state index is 12.4. The molecule has 0 aliphatic carbocycles. The first-order chi connectivity index (χ1) is 11.0. The zero-order chi connectivity index (χ0) is 16.8. The van der Waals surface area contributed by atoms with Gasteiger partial charge in [0.05, 0.1) is 6.61 Å². The molecule has 23 heavy (non-hydrogen) atoms. The van der Waals surface area contributed by atoms with E-state index in [4.69, 9.17) is 4.74 Å². The minimum absolute atomic E-state index is 0.0602. The molecule has 1 fully saturated rings. The van der Waals surface area contributed by atoms with Crippen LogP contribution in [0.25, 0.3) is 0 Å².